The van der Waals surface area contributed by atoms with Crippen LogP contribution in [0.4, 0.5) is 0 Å². The Balaban J connectivity index is 2.18. The minimum absolute atomic E-state index is 0.459. The lowest BCUT2D eigenvalue weighted by atomic mass is 10.0. The summed E-state index contributed by atoms with van der Waals surface area (Å²) in [5.74, 6) is 1.36. The Hall–Kier alpha value is -0.970. The topological polar surface area (TPSA) is 31.4 Å². The highest BCUT2D eigenvalue weighted by Gasteiger charge is 2.25. The van der Waals surface area contributed by atoms with Crippen molar-refractivity contribution in [1.82, 2.24) is 20.1 Å². The first-order valence-corrected chi connectivity index (χ1v) is 9.13. The van der Waals surface area contributed by atoms with Crippen molar-refractivity contribution in [2.45, 2.75) is 33.7 Å². The van der Waals surface area contributed by atoms with Crippen LogP contribution in [-0.4, -0.2) is 60.6 Å². The zero-order chi connectivity index (χ0) is 16.7. The van der Waals surface area contributed by atoms with Gasteiger partial charge in [0.2, 0.25) is 0 Å². The molecule has 1 aromatic rings. The lowest BCUT2D eigenvalue weighted by molar-refractivity contribution is 0.107. The molecule has 0 radical (unpaired) electrons. The van der Waals surface area contributed by atoms with Gasteiger partial charge in [0, 0.05) is 64.2 Å². The van der Waals surface area contributed by atoms with Crippen molar-refractivity contribution < 1.29 is 0 Å². The van der Waals surface area contributed by atoms with Gasteiger partial charge >= 0.3 is 0 Å². The molecule has 0 saturated carbocycles. The van der Waals surface area contributed by atoms with Crippen LogP contribution in [0.3, 0.4) is 0 Å². The highest BCUT2D eigenvalue weighted by Crippen LogP contribution is 2.24. The van der Waals surface area contributed by atoms with Gasteiger partial charge in [-0.3, -0.25) is 14.8 Å². The Labute approximate surface area is 142 Å². The second-order valence-corrected chi connectivity index (χ2v) is 7.59. The van der Waals surface area contributed by atoms with Crippen molar-refractivity contribution in [2.75, 3.05) is 45.8 Å². The second kappa shape index (κ2) is 9.36. The number of aromatic nitrogens is 1. The predicted molar refractivity (Wildman–Crippen MR) is 97.5 cm³/mol. The summed E-state index contributed by atoms with van der Waals surface area (Å²) in [4.78, 5) is 9.51. The molecule has 23 heavy (non-hydrogen) atoms. The molecule has 2 heterocycles. The van der Waals surface area contributed by atoms with Crippen LogP contribution in [0.5, 0.6) is 0 Å². The Morgan fingerprint density at radius 2 is 1.61 bits per heavy atom. The van der Waals surface area contributed by atoms with Crippen molar-refractivity contribution in [1.29, 1.82) is 0 Å². The lowest BCUT2D eigenvalue weighted by Crippen LogP contribution is -2.48. The number of rotatable bonds is 8. The fraction of sp³-hybridized carbons (Fsp3) is 0.737. The predicted octanol–water partition coefficient (Wildman–Crippen LogP) is 2.64. The monoisotopic (exact) mass is 318 g/mol. The van der Waals surface area contributed by atoms with Crippen molar-refractivity contribution in [3.8, 4) is 0 Å². The van der Waals surface area contributed by atoms with Gasteiger partial charge in [0.15, 0.2) is 0 Å². The molecule has 0 aliphatic carbocycles. The molecule has 1 aliphatic heterocycles. The van der Waals surface area contributed by atoms with Gasteiger partial charge in [-0.05, 0) is 29.5 Å². The average Bonchev–Trinajstić information content (AvgIpc) is 2.53. The number of nitrogens with one attached hydrogen (secondary N) is 1. The third kappa shape index (κ3) is 6.21. The van der Waals surface area contributed by atoms with E-state index in [4.69, 9.17) is 0 Å². The molecule has 0 aromatic carbocycles. The molecule has 0 bridgehead atoms. The maximum absolute atomic E-state index is 4.21. The van der Waals surface area contributed by atoms with E-state index in [2.05, 4.69) is 59.9 Å². The van der Waals surface area contributed by atoms with Crippen LogP contribution >= 0.6 is 0 Å². The van der Waals surface area contributed by atoms with Crippen LogP contribution in [-0.2, 0) is 0 Å². The van der Waals surface area contributed by atoms with Gasteiger partial charge in [-0.25, -0.2) is 0 Å². The van der Waals surface area contributed by atoms with Gasteiger partial charge in [0.1, 0.15) is 0 Å². The van der Waals surface area contributed by atoms with E-state index in [-0.39, 0.29) is 0 Å². The maximum atomic E-state index is 4.21. The highest BCUT2D eigenvalue weighted by molar-refractivity contribution is 5.16. The highest BCUT2D eigenvalue weighted by atomic mass is 15.2. The molecule has 1 fully saturated rings. The fourth-order valence-electron chi connectivity index (χ4n) is 3.42. The summed E-state index contributed by atoms with van der Waals surface area (Å²) < 4.78 is 0. The van der Waals surface area contributed by atoms with Crippen molar-refractivity contribution in [3.05, 3.63) is 30.1 Å². The first kappa shape index (κ1) is 18.4. The van der Waals surface area contributed by atoms with Crippen LogP contribution in [0.2, 0.25) is 0 Å². The Bertz CT molecular complexity index is 416. The Morgan fingerprint density at radius 1 is 1.04 bits per heavy atom. The smallest absolute Gasteiger partial charge is 0.0476 e. The summed E-state index contributed by atoms with van der Waals surface area (Å²) in [5, 5.41) is 3.46. The largest absolute Gasteiger partial charge is 0.314 e. The third-order valence-corrected chi connectivity index (χ3v) is 4.37. The molecule has 1 N–H and O–H groups in total. The molecule has 0 spiro atoms. The van der Waals surface area contributed by atoms with Crippen molar-refractivity contribution in [3.63, 3.8) is 0 Å². The average molecular weight is 319 g/mol. The summed E-state index contributed by atoms with van der Waals surface area (Å²) in [6.45, 7) is 17.2. The van der Waals surface area contributed by atoms with Gasteiger partial charge in [-0.15, -0.1) is 0 Å². The van der Waals surface area contributed by atoms with E-state index in [1.165, 1.54) is 5.56 Å². The molecule has 1 aromatic heterocycles. The zero-order valence-electron chi connectivity index (χ0n) is 15.3. The van der Waals surface area contributed by atoms with Gasteiger partial charge < -0.3 is 5.32 Å². The molecule has 130 valence electrons. The lowest BCUT2D eigenvalue weighted by Gasteiger charge is -2.39. The van der Waals surface area contributed by atoms with Crippen LogP contribution < -0.4 is 5.32 Å². The van der Waals surface area contributed by atoms with Crippen LogP contribution in [0.15, 0.2) is 24.5 Å². The second-order valence-electron chi connectivity index (χ2n) is 7.59. The van der Waals surface area contributed by atoms with E-state index in [9.17, 15) is 0 Å². The fourth-order valence-corrected chi connectivity index (χ4v) is 3.42. The quantitative estimate of drug-likeness (QED) is 0.798. The first-order chi connectivity index (χ1) is 11.1. The van der Waals surface area contributed by atoms with Crippen molar-refractivity contribution in [2.24, 2.45) is 11.8 Å². The summed E-state index contributed by atoms with van der Waals surface area (Å²) in [6, 6.07) is 4.85. The van der Waals surface area contributed by atoms with Crippen molar-refractivity contribution >= 4 is 0 Å². The molecule has 4 nitrogen and oxygen atoms in total. The van der Waals surface area contributed by atoms with Gasteiger partial charge in [0.25, 0.3) is 0 Å². The number of hydrogen-bond acceptors (Lipinski definition) is 4. The van der Waals surface area contributed by atoms with E-state index in [1.807, 2.05) is 12.4 Å². The summed E-state index contributed by atoms with van der Waals surface area (Å²) in [7, 11) is 0. The van der Waals surface area contributed by atoms with E-state index >= 15 is 0 Å². The minimum atomic E-state index is 0.459. The molecule has 1 unspecified atom stereocenters. The molecule has 1 aliphatic rings. The molecule has 0 amide bonds. The molecular formula is C19H34N4. The van der Waals surface area contributed by atoms with E-state index in [0.29, 0.717) is 17.9 Å². The van der Waals surface area contributed by atoms with Crippen LogP contribution in [0.1, 0.15) is 39.3 Å². The summed E-state index contributed by atoms with van der Waals surface area (Å²) in [6.07, 6.45) is 3.87. The van der Waals surface area contributed by atoms with E-state index in [0.717, 1.165) is 45.8 Å². The number of hydrogen-bond donors (Lipinski definition) is 1. The zero-order valence-corrected chi connectivity index (χ0v) is 15.3. The molecule has 4 heteroatoms. The standard InChI is InChI=1S/C19H34N4/c1-16(2)13-23(14-17(3)4)19(18-5-7-20-8-6-18)15-22-11-9-21-10-12-22/h5-8,16-17,19,21H,9-15H2,1-4H3. The van der Waals surface area contributed by atoms with E-state index < -0.39 is 0 Å². The maximum Gasteiger partial charge on any atom is 0.0476 e. The Morgan fingerprint density at radius 3 is 2.13 bits per heavy atom. The normalized spacial score (nSPS) is 18.0. The molecular weight excluding hydrogens is 284 g/mol. The minimum Gasteiger partial charge on any atom is -0.314 e. The SMILES string of the molecule is CC(C)CN(CC(C)C)C(CN1CCNCC1)c1ccncc1. The Kier molecular flexibility index (Phi) is 7.47. The number of pyridine rings is 1. The molecule has 1 atom stereocenters. The van der Waals surface area contributed by atoms with Gasteiger partial charge in [0.05, 0.1) is 0 Å². The van der Waals surface area contributed by atoms with Crippen LogP contribution in [0, 0.1) is 11.8 Å². The molecule has 1 saturated heterocycles. The van der Waals surface area contributed by atoms with Gasteiger partial charge in [-0.2, -0.15) is 0 Å². The summed E-state index contributed by atoms with van der Waals surface area (Å²) in [5.41, 5.74) is 1.40. The molecule has 2 rings (SSSR count). The first-order valence-electron chi connectivity index (χ1n) is 9.13. The number of nitrogens with zero attached hydrogens (tertiary/aromatic N) is 3. The number of piperazine rings is 1. The van der Waals surface area contributed by atoms with Crippen LogP contribution in [0.25, 0.3) is 0 Å². The summed E-state index contributed by atoms with van der Waals surface area (Å²) >= 11 is 0. The third-order valence-electron chi connectivity index (χ3n) is 4.37. The van der Waals surface area contributed by atoms with E-state index in [1.54, 1.807) is 0 Å². The van der Waals surface area contributed by atoms with Gasteiger partial charge in [-0.1, -0.05) is 27.7 Å².